The molecule has 94 valence electrons. The molecular formula is C13H15Cl3O. The Bertz CT molecular complexity index is 415. The average Bonchev–Trinajstić information content (AvgIpc) is 2.28. The van der Waals surface area contributed by atoms with Crippen LogP contribution in [0.25, 0.3) is 0 Å². The van der Waals surface area contributed by atoms with E-state index in [1.807, 2.05) is 0 Å². The number of benzene rings is 1. The van der Waals surface area contributed by atoms with Gasteiger partial charge < -0.3 is 4.79 Å². The van der Waals surface area contributed by atoms with E-state index in [0.29, 0.717) is 21.5 Å². The highest BCUT2D eigenvalue weighted by atomic mass is 35.5. The van der Waals surface area contributed by atoms with Gasteiger partial charge in [-0.2, -0.15) is 0 Å². The summed E-state index contributed by atoms with van der Waals surface area (Å²) >= 11 is 18.3. The van der Waals surface area contributed by atoms with Gasteiger partial charge in [0.05, 0.1) is 10.0 Å². The molecule has 1 aromatic carbocycles. The minimum absolute atomic E-state index is 0.178. The fourth-order valence-corrected chi connectivity index (χ4v) is 2.69. The summed E-state index contributed by atoms with van der Waals surface area (Å²) in [4.78, 5) is 11.0. The Labute approximate surface area is 117 Å². The van der Waals surface area contributed by atoms with E-state index in [0.717, 1.165) is 18.4 Å². The molecule has 0 saturated heterocycles. The molecule has 0 N–H and O–H groups in total. The van der Waals surface area contributed by atoms with Gasteiger partial charge in [0.25, 0.3) is 0 Å². The standard InChI is InChI=1S/C13H15Cl3O/c1-3-9(5-4-8(2)17)12-10(14)6-7-11(15)13(12)16/h6-7,9H,3-5H2,1-2H3. The number of ketones is 1. The van der Waals surface area contributed by atoms with Crippen molar-refractivity contribution in [3.8, 4) is 0 Å². The highest BCUT2D eigenvalue weighted by molar-refractivity contribution is 6.44. The van der Waals surface area contributed by atoms with Gasteiger partial charge in [-0.25, -0.2) is 0 Å². The van der Waals surface area contributed by atoms with E-state index in [-0.39, 0.29) is 11.7 Å². The van der Waals surface area contributed by atoms with Gasteiger partial charge in [0.15, 0.2) is 0 Å². The number of rotatable bonds is 5. The quantitative estimate of drug-likeness (QED) is 0.654. The summed E-state index contributed by atoms with van der Waals surface area (Å²) in [5, 5.41) is 1.64. The summed E-state index contributed by atoms with van der Waals surface area (Å²) in [5.41, 5.74) is 0.865. The topological polar surface area (TPSA) is 17.1 Å². The third-order valence-electron chi connectivity index (χ3n) is 2.83. The Kier molecular flexibility index (Phi) is 5.78. The third-order valence-corrected chi connectivity index (χ3v) is 3.97. The minimum atomic E-state index is 0.178. The number of hydrogen-bond acceptors (Lipinski definition) is 1. The van der Waals surface area contributed by atoms with Gasteiger partial charge >= 0.3 is 0 Å². The van der Waals surface area contributed by atoms with E-state index in [9.17, 15) is 4.79 Å². The lowest BCUT2D eigenvalue weighted by atomic mass is 9.91. The Morgan fingerprint density at radius 1 is 1.24 bits per heavy atom. The first-order valence-electron chi connectivity index (χ1n) is 5.60. The zero-order valence-electron chi connectivity index (χ0n) is 9.90. The van der Waals surface area contributed by atoms with Crippen molar-refractivity contribution in [1.29, 1.82) is 0 Å². The van der Waals surface area contributed by atoms with Gasteiger partial charge in [0, 0.05) is 11.4 Å². The van der Waals surface area contributed by atoms with Crippen LogP contribution in [0.4, 0.5) is 0 Å². The van der Waals surface area contributed by atoms with E-state index in [1.165, 1.54) is 0 Å². The van der Waals surface area contributed by atoms with Crippen LogP contribution in [0.2, 0.25) is 15.1 Å². The first-order chi connectivity index (χ1) is 7.97. The number of carbonyl (C=O) groups excluding carboxylic acids is 1. The Morgan fingerprint density at radius 2 is 1.82 bits per heavy atom. The van der Waals surface area contributed by atoms with E-state index < -0.39 is 0 Å². The molecule has 1 aromatic rings. The largest absolute Gasteiger partial charge is 0.300 e. The summed E-state index contributed by atoms with van der Waals surface area (Å²) in [6.45, 7) is 3.65. The van der Waals surface area contributed by atoms with Crippen LogP contribution in [-0.2, 0) is 4.79 Å². The predicted octanol–water partition coefficient (Wildman–Crippen LogP) is 5.51. The normalized spacial score (nSPS) is 12.5. The third kappa shape index (κ3) is 3.87. The molecule has 1 atom stereocenters. The molecule has 4 heteroatoms. The van der Waals surface area contributed by atoms with Crippen molar-refractivity contribution >= 4 is 40.6 Å². The molecule has 0 aliphatic rings. The molecule has 0 aliphatic carbocycles. The van der Waals surface area contributed by atoms with Crippen LogP contribution in [0, 0.1) is 0 Å². The summed E-state index contributed by atoms with van der Waals surface area (Å²) in [6.07, 6.45) is 2.18. The molecule has 0 spiro atoms. The van der Waals surface area contributed by atoms with E-state index in [1.54, 1.807) is 19.1 Å². The number of Topliss-reactive ketones (excluding diaryl/α,β-unsaturated/α-hetero) is 1. The van der Waals surface area contributed by atoms with Gasteiger partial charge in [-0.05, 0) is 43.4 Å². The lowest BCUT2D eigenvalue weighted by molar-refractivity contribution is -0.117. The number of hydrogen-bond donors (Lipinski definition) is 0. The van der Waals surface area contributed by atoms with Crippen LogP contribution in [-0.4, -0.2) is 5.78 Å². The molecule has 0 radical (unpaired) electrons. The molecule has 0 saturated carbocycles. The van der Waals surface area contributed by atoms with Crippen LogP contribution in [0.5, 0.6) is 0 Å². The van der Waals surface area contributed by atoms with E-state index >= 15 is 0 Å². The summed E-state index contributed by atoms with van der Waals surface area (Å²) in [6, 6.07) is 3.44. The van der Waals surface area contributed by atoms with Crippen molar-refractivity contribution in [3.63, 3.8) is 0 Å². The summed E-state index contributed by atoms with van der Waals surface area (Å²) in [5.74, 6) is 0.357. The monoisotopic (exact) mass is 292 g/mol. The van der Waals surface area contributed by atoms with Crippen LogP contribution < -0.4 is 0 Å². The zero-order chi connectivity index (χ0) is 13.0. The first-order valence-corrected chi connectivity index (χ1v) is 6.73. The molecule has 1 unspecified atom stereocenters. The zero-order valence-corrected chi connectivity index (χ0v) is 12.2. The second-order valence-electron chi connectivity index (χ2n) is 4.10. The number of halogens is 3. The van der Waals surface area contributed by atoms with Crippen molar-refractivity contribution in [1.82, 2.24) is 0 Å². The molecule has 0 fully saturated rings. The van der Waals surface area contributed by atoms with Gasteiger partial charge in [0.1, 0.15) is 5.78 Å². The Balaban J connectivity index is 3.02. The van der Waals surface area contributed by atoms with Crippen molar-refractivity contribution in [2.24, 2.45) is 0 Å². The first kappa shape index (κ1) is 14.8. The maximum Gasteiger partial charge on any atom is 0.129 e. The Morgan fingerprint density at radius 3 is 2.35 bits per heavy atom. The lowest BCUT2D eigenvalue weighted by Crippen LogP contribution is -2.03. The second kappa shape index (κ2) is 6.63. The second-order valence-corrected chi connectivity index (χ2v) is 5.30. The maximum atomic E-state index is 11.0. The van der Waals surface area contributed by atoms with Crippen molar-refractivity contribution in [2.75, 3.05) is 0 Å². The minimum Gasteiger partial charge on any atom is -0.300 e. The van der Waals surface area contributed by atoms with Gasteiger partial charge in [0.2, 0.25) is 0 Å². The van der Waals surface area contributed by atoms with E-state index in [2.05, 4.69) is 6.92 Å². The fraction of sp³-hybridized carbons (Fsp3) is 0.462. The molecule has 0 bridgehead atoms. The Hall–Kier alpha value is -0.240. The summed E-state index contributed by atoms with van der Waals surface area (Å²) in [7, 11) is 0. The van der Waals surface area contributed by atoms with Gasteiger partial charge in [-0.15, -0.1) is 0 Å². The van der Waals surface area contributed by atoms with Crippen LogP contribution in [0.3, 0.4) is 0 Å². The molecule has 0 aliphatic heterocycles. The highest BCUT2D eigenvalue weighted by Crippen LogP contribution is 2.39. The molecule has 17 heavy (non-hydrogen) atoms. The van der Waals surface area contributed by atoms with Crippen molar-refractivity contribution in [3.05, 3.63) is 32.8 Å². The summed E-state index contributed by atoms with van der Waals surface area (Å²) < 4.78 is 0. The fourth-order valence-electron chi connectivity index (χ4n) is 1.85. The van der Waals surface area contributed by atoms with Gasteiger partial charge in [-0.1, -0.05) is 41.7 Å². The van der Waals surface area contributed by atoms with Gasteiger partial charge in [-0.3, -0.25) is 0 Å². The molecule has 0 aromatic heterocycles. The molecule has 1 nitrogen and oxygen atoms in total. The molecule has 1 rings (SSSR count). The smallest absolute Gasteiger partial charge is 0.129 e. The SMILES string of the molecule is CCC(CCC(C)=O)c1c(Cl)ccc(Cl)c1Cl. The highest BCUT2D eigenvalue weighted by Gasteiger charge is 2.18. The van der Waals surface area contributed by atoms with Crippen LogP contribution in [0.1, 0.15) is 44.6 Å². The van der Waals surface area contributed by atoms with Crippen molar-refractivity contribution in [2.45, 2.75) is 39.0 Å². The van der Waals surface area contributed by atoms with Crippen LogP contribution in [0.15, 0.2) is 12.1 Å². The van der Waals surface area contributed by atoms with E-state index in [4.69, 9.17) is 34.8 Å². The molecule has 0 amide bonds. The molecule has 0 heterocycles. The van der Waals surface area contributed by atoms with Crippen LogP contribution >= 0.6 is 34.8 Å². The maximum absolute atomic E-state index is 11.0. The number of carbonyl (C=O) groups is 1. The lowest BCUT2D eigenvalue weighted by Gasteiger charge is -2.18. The molecular weight excluding hydrogens is 279 g/mol. The average molecular weight is 294 g/mol. The predicted molar refractivity (Wildman–Crippen MR) is 74.4 cm³/mol. The van der Waals surface area contributed by atoms with Crippen molar-refractivity contribution < 1.29 is 4.79 Å².